The minimum absolute atomic E-state index is 0.00124. The van der Waals surface area contributed by atoms with E-state index in [2.05, 4.69) is 10.4 Å². The second-order valence-electron chi connectivity index (χ2n) is 6.33. The highest BCUT2D eigenvalue weighted by Crippen LogP contribution is 2.18. The third-order valence-corrected chi connectivity index (χ3v) is 5.50. The molecule has 0 saturated carbocycles. The number of rotatable bonds is 6. The number of hydrogen-bond acceptors (Lipinski definition) is 4. The second kappa shape index (κ2) is 8.14. The third kappa shape index (κ3) is 4.78. The van der Waals surface area contributed by atoms with E-state index in [1.54, 1.807) is 36.0 Å². The minimum atomic E-state index is -3.81. The Balaban J connectivity index is 1.70. The van der Waals surface area contributed by atoms with Gasteiger partial charge >= 0.3 is 0 Å². The van der Waals surface area contributed by atoms with Crippen LogP contribution in [0.3, 0.4) is 0 Å². The highest BCUT2D eigenvalue weighted by atomic mass is 35.5. The van der Waals surface area contributed by atoms with Gasteiger partial charge in [-0.3, -0.25) is 9.48 Å². The van der Waals surface area contributed by atoms with Gasteiger partial charge in [0, 0.05) is 11.2 Å². The zero-order valence-electron chi connectivity index (χ0n) is 15.0. The van der Waals surface area contributed by atoms with Crippen molar-refractivity contribution in [2.45, 2.75) is 24.4 Å². The Labute approximate surface area is 168 Å². The largest absolute Gasteiger partial charge is 0.345 e. The van der Waals surface area contributed by atoms with Crippen LogP contribution in [0.2, 0.25) is 5.02 Å². The number of hydrogen-bond donors (Lipinski definition) is 2. The van der Waals surface area contributed by atoms with Crippen LogP contribution in [0.25, 0.3) is 0 Å². The lowest BCUT2D eigenvalue weighted by atomic mass is 10.1. The summed E-state index contributed by atoms with van der Waals surface area (Å²) in [6.07, 6.45) is 3.10. The number of nitrogens with zero attached hydrogens (tertiary/aromatic N) is 2. The highest BCUT2D eigenvalue weighted by molar-refractivity contribution is 7.89. The maximum absolute atomic E-state index is 12.5. The van der Waals surface area contributed by atoms with Crippen LogP contribution in [0.15, 0.2) is 65.8 Å². The van der Waals surface area contributed by atoms with Crippen molar-refractivity contribution in [3.05, 3.63) is 82.6 Å². The fourth-order valence-electron chi connectivity index (χ4n) is 2.69. The van der Waals surface area contributed by atoms with Gasteiger partial charge in [0.05, 0.1) is 29.2 Å². The summed E-state index contributed by atoms with van der Waals surface area (Å²) >= 11 is 6.15. The summed E-state index contributed by atoms with van der Waals surface area (Å²) in [4.78, 5) is 12.5. The first-order chi connectivity index (χ1) is 13.2. The zero-order valence-corrected chi connectivity index (χ0v) is 16.6. The molecule has 9 heteroatoms. The van der Waals surface area contributed by atoms with Crippen LogP contribution in [0.4, 0.5) is 0 Å². The molecule has 28 heavy (non-hydrogen) atoms. The van der Waals surface area contributed by atoms with Crippen molar-refractivity contribution in [2.24, 2.45) is 5.14 Å². The monoisotopic (exact) mass is 418 g/mol. The lowest BCUT2D eigenvalue weighted by molar-refractivity contribution is 0.0939. The summed E-state index contributed by atoms with van der Waals surface area (Å²) in [6, 6.07) is 13.2. The third-order valence-electron chi connectivity index (χ3n) is 4.22. The van der Waals surface area contributed by atoms with Crippen molar-refractivity contribution in [3.8, 4) is 0 Å². The molecule has 1 aromatic heterocycles. The fourth-order valence-corrected chi connectivity index (χ4v) is 3.46. The summed E-state index contributed by atoms with van der Waals surface area (Å²) in [6.45, 7) is 2.20. The van der Waals surface area contributed by atoms with E-state index < -0.39 is 16.1 Å². The Bertz CT molecular complexity index is 1110. The first-order valence-electron chi connectivity index (χ1n) is 8.43. The van der Waals surface area contributed by atoms with Gasteiger partial charge in [-0.1, -0.05) is 41.9 Å². The van der Waals surface area contributed by atoms with Gasteiger partial charge in [-0.05, 0) is 36.2 Å². The number of nitrogens with one attached hydrogen (secondary N) is 1. The number of halogens is 1. The van der Waals surface area contributed by atoms with Crippen LogP contribution in [0.1, 0.15) is 34.5 Å². The topological polar surface area (TPSA) is 107 Å². The van der Waals surface area contributed by atoms with Crippen LogP contribution < -0.4 is 10.5 Å². The molecule has 3 N–H and O–H groups in total. The van der Waals surface area contributed by atoms with Crippen molar-refractivity contribution < 1.29 is 13.2 Å². The van der Waals surface area contributed by atoms with Gasteiger partial charge in [0.1, 0.15) is 0 Å². The number of carbonyl (C=O) groups excluding carboxylic acids is 1. The predicted octanol–water partition coefficient (Wildman–Crippen LogP) is 2.72. The Morgan fingerprint density at radius 1 is 1.25 bits per heavy atom. The van der Waals surface area contributed by atoms with Gasteiger partial charge in [0.25, 0.3) is 5.91 Å². The molecule has 3 rings (SSSR count). The number of aromatic nitrogens is 2. The first-order valence-corrected chi connectivity index (χ1v) is 10.4. The van der Waals surface area contributed by atoms with Crippen molar-refractivity contribution in [2.75, 3.05) is 0 Å². The van der Waals surface area contributed by atoms with Crippen molar-refractivity contribution in [3.63, 3.8) is 0 Å². The molecule has 0 aliphatic carbocycles. The molecule has 0 aliphatic heterocycles. The molecule has 1 unspecified atom stereocenters. The standard InChI is InChI=1S/C19H19ClN4O3S/c1-13(14-6-4-7-17(9-14)28(21,26)27)23-19(25)16-10-22-24(12-16)11-15-5-2-3-8-18(15)20/h2-10,12-13H,11H2,1H3,(H,23,25)(H2,21,26,27). The smallest absolute Gasteiger partial charge is 0.254 e. The summed E-state index contributed by atoms with van der Waals surface area (Å²) in [7, 11) is -3.81. The molecule has 0 radical (unpaired) electrons. The first kappa shape index (κ1) is 20.1. The normalized spacial score (nSPS) is 12.5. The molecular weight excluding hydrogens is 400 g/mol. The maximum Gasteiger partial charge on any atom is 0.254 e. The van der Waals surface area contributed by atoms with Gasteiger partial charge in [-0.15, -0.1) is 0 Å². The zero-order chi connectivity index (χ0) is 20.3. The summed E-state index contributed by atoms with van der Waals surface area (Å²) < 4.78 is 24.6. The molecule has 146 valence electrons. The van der Waals surface area contributed by atoms with Crippen LogP contribution >= 0.6 is 11.6 Å². The predicted molar refractivity (Wildman–Crippen MR) is 106 cm³/mol. The number of nitrogens with two attached hydrogens (primary N) is 1. The van der Waals surface area contributed by atoms with Crippen molar-refractivity contribution in [1.82, 2.24) is 15.1 Å². The molecule has 0 aliphatic rings. The fraction of sp³-hybridized carbons (Fsp3) is 0.158. The Morgan fingerprint density at radius 2 is 2.00 bits per heavy atom. The van der Waals surface area contributed by atoms with E-state index in [0.717, 1.165) is 5.56 Å². The van der Waals surface area contributed by atoms with Crippen LogP contribution in [-0.4, -0.2) is 24.1 Å². The molecule has 1 heterocycles. The highest BCUT2D eigenvalue weighted by Gasteiger charge is 2.16. The molecule has 1 amide bonds. The molecule has 3 aromatic rings. The molecular formula is C19H19ClN4O3S. The molecule has 2 aromatic carbocycles. The molecule has 7 nitrogen and oxygen atoms in total. The SMILES string of the molecule is CC(NC(=O)c1cnn(Cc2ccccc2Cl)c1)c1cccc(S(N)(=O)=O)c1. The lowest BCUT2D eigenvalue weighted by Crippen LogP contribution is -2.26. The maximum atomic E-state index is 12.5. The number of amides is 1. The number of sulfonamides is 1. The average molecular weight is 419 g/mol. The average Bonchev–Trinajstić information content (AvgIpc) is 3.12. The van der Waals surface area contributed by atoms with Crippen molar-refractivity contribution in [1.29, 1.82) is 0 Å². The van der Waals surface area contributed by atoms with E-state index in [-0.39, 0.29) is 10.8 Å². The van der Waals surface area contributed by atoms with Crippen LogP contribution in [-0.2, 0) is 16.6 Å². The van der Waals surface area contributed by atoms with Crippen molar-refractivity contribution >= 4 is 27.5 Å². The Morgan fingerprint density at radius 3 is 2.71 bits per heavy atom. The van der Waals surface area contributed by atoms with E-state index in [4.69, 9.17) is 16.7 Å². The van der Waals surface area contributed by atoms with Gasteiger partial charge in [0.2, 0.25) is 10.0 Å². The van der Waals surface area contributed by atoms with E-state index in [1.165, 1.54) is 18.3 Å². The van der Waals surface area contributed by atoms with E-state index in [1.807, 2.05) is 18.2 Å². The minimum Gasteiger partial charge on any atom is -0.345 e. The van der Waals surface area contributed by atoms with Gasteiger partial charge in [-0.25, -0.2) is 13.6 Å². The number of carbonyl (C=O) groups is 1. The number of primary sulfonamides is 1. The number of benzene rings is 2. The lowest BCUT2D eigenvalue weighted by Gasteiger charge is -2.14. The van der Waals surface area contributed by atoms with E-state index in [0.29, 0.717) is 22.7 Å². The Kier molecular flexibility index (Phi) is 5.83. The van der Waals surface area contributed by atoms with Gasteiger partial charge in [-0.2, -0.15) is 5.10 Å². The summed E-state index contributed by atoms with van der Waals surface area (Å²) in [5, 5.41) is 12.8. The van der Waals surface area contributed by atoms with Gasteiger partial charge in [0.15, 0.2) is 0 Å². The molecule has 0 bridgehead atoms. The van der Waals surface area contributed by atoms with Gasteiger partial charge < -0.3 is 5.32 Å². The van der Waals surface area contributed by atoms with Crippen LogP contribution in [0.5, 0.6) is 0 Å². The molecule has 1 atom stereocenters. The molecule has 0 fully saturated rings. The Hall–Kier alpha value is -2.68. The quantitative estimate of drug-likeness (QED) is 0.641. The summed E-state index contributed by atoms with van der Waals surface area (Å²) in [5.41, 5.74) is 1.91. The second-order valence-corrected chi connectivity index (χ2v) is 8.30. The van der Waals surface area contributed by atoms with E-state index >= 15 is 0 Å². The summed E-state index contributed by atoms with van der Waals surface area (Å²) in [5.74, 6) is -0.320. The van der Waals surface area contributed by atoms with E-state index in [9.17, 15) is 13.2 Å². The molecule has 0 saturated heterocycles. The molecule has 0 spiro atoms. The van der Waals surface area contributed by atoms with Crippen LogP contribution in [0, 0.1) is 0 Å².